The minimum absolute atomic E-state index is 0.145. The molecule has 0 radical (unpaired) electrons. The molecule has 0 saturated heterocycles. The first-order valence-electron chi connectivity index (χ1n) is 18.2. The third kappa shape index (κ3) is 28.0. The lowest BCUT2D eigenvalue weighted by Gasteiger charge is -2.27. The fraction of sp³-hybridized carbons (Fsp3) is 0.718. The fourth-order valence-corrected chi connectivity index (χ4v) is 4.95. The van der Waals surface area contributed by atoms with Crippen LogP contribution in [0.15, 0.2) is 60.8 Å². The Morgan fingerprint density at radius 1 is 0.578 bits per heavy atom. The third-order valence-electron chi connectivity index (χ3n) is 7.92. The van der Waals surface area contributed by atoms with E-state index in [1.54, 1.807) is 6.08 Å². The van der Waals surface area contributed by atoms with Gasteiger partial charge in [-0.15, -0.1) is 0 Å². The van der Waals surface area contributed by atoms with Crippen LogP contribution in [-0.2, 0) is 4.79 Å². The Morgan fingerprint density at radius 3 is 1.58 bits per heavy atom. The Balaban J connectivity index is 4.03. The highest BCUT2D eigenvalue weighted by molar-refractivity contribution is 5.81. The Labute approximate surface area is 276 Å². The predicted molar refractivity (Wildman–Crippen MR) is 191 cm³/mol. The summed E-state index contributed by atoms with van der Waals surface area (Å²) in [5, 5.41) is 43.2. The molecule has 0 aliphatic carbocycles. The second kappa shape index (κ2) is 33.4. The topological polar surface area (TPSA) is 110 Å². The molecule has 5 N–H and O–H groups in total. The lowest BCUT2D eigenvalue weighted by atomic mass is 10.0. The second-order valence-corrected chi connectivity index (χ2v) is 12.2. The standard InChI is InChI=1S/C39H69NO5/c1-3-5-7-9-11-13-15-17-18-19-20-21-23-24-26-28-30-32-36(42)38(44)35(34-41)40-39(45)37(43)33-31-29-27-25-22-16-14-12-10-8-6-4-2/h13,15,19-20,22,24-26,29,31,35-38,41-44H,3-12,14,16-18,21,23,27-28,30,32-34H2,1-2H3,(H,40,45)/b15-13+,20-19+,25-22-,26-24+,31-29-. The minimum atomic E-state index is -1.32. The van der Waals surface area contributed by atoms with Crippen LogP contribution >= 0.6 is 0 Å². The summed E-state index contributed by atoms with van der Waals surface area (Å²) in [6.45, 7) is 3.94. The van der Waals surface area contributed by atoms with Gasteiger partial charge in [-0.25, -0.2) is 0 Å². The first kappa shape index (κ1) is 43.0. The fourth-order valence-electron chi connectivity index (χ4n) is 4.95. The van der Waals surface area contributed by atoms with Gasteiger partial charge in [0.2, 0.25) is 5.91 Å². The molecule has 45 heavy (non-hydrogen) atoms. The van der Waals surface area contributed by atoms with Crippen LogP contribution in [0.5, 0.6) is 0 Å². The summed E-state index contributed by atoms with van der Waals surface area (Å²) in [7, 11) is 0. The molecule has 1 amide bonds. The number of aliphatic hydroxyl groups is 4. The van der Waals surface area contributed by atoms with Crippen LogP contribution in [0.1, 0.15) is 149 Å². The van der Waals surface area contributed by atoms with Crippen molar-refractivity contribution in [3.63, 3.8) is 0 Å². The summed E-state index contributed by atoms with van der Waals surface area (Å²) in [6.07, 6.45) is 39.7. The number of nitrogens with one attached hydrogen (secondary N) is 1. The molecule has 0 aromatic rings. The lowest BCUT2D eigenvalue weighted by Crippen LogP contribution is -2.52. The molecular formula is C39H69NO5. The number of carbonyl (C=O) groups is 1. The number of rotatable bonds is 31. The molecular weight excluding hydrogens is 562 g/mol. The number of unbranched alkanes of at least 4 members (excludes halogenated alkanes) is 13. The maximum Gasteiger partial charge on any atom is 0.249 e. The van der Waals surface area contributed by atoms with Crippen molar-refractivity contribution in [3.8, 4) is 0 Å². The first-order chi connectivity index (χ1) is 22.0. The van der Waals surface area contributed by atoms with Crippen molar-refractivity contribution in [1.29, 1.82) is 0 Å². The van der Waals surface area contributed by atoms with Crippen LogP contribution in [0.2, 0.25) is 0 Å². The molecule has 0 aliphatic rings. The van der Waals surface area contributed by atoms with Crippen molar-refractivity contribution < 1.29 is 25.2 Å². The van der Waals surface area contributed by atoms with Crippen molar-refractivity contribution in [2.45, 2.75) is 173 Å². The van der Waals surface area contributed by atoms with E-state index in [2.05, 4.69) is 67.8 Å². The van der Waals surface area contributed by atoms with Crippen LogP contribution < -0.4 is 5.32 Å². The summed E-state index contributed by atoms with van der Waals surface area (Å²) in [4.78, 5) is 12.4. The Hall–Kier alpha value is -1.99. The largest absolute Gasteiger partial charge is 0.394 e. The molecule has 0 bridgehead atoms. The van der Waals surface area contributed by atoms with Gasteiger partial charge in [-0.1, -0.05) is 126 Å². The van der Waals surface area contributed by atoms with Crippen LogP contribution in [-0.4, -0.2) is 57.3 Å². The quantitative estimate of drug-likeness (QED) is 0.0389. The van der Waals surface area contributed by atoms with Gasteiger partial charge in [0.05, 0.1) is 18.8 Å². The average molecular weight is 632 g/mol. The van der Waals surface area contributed by atoms with Crippen LogP contribution in [0.3, 0.4) is 0 Å². The van der Waals surface area contributed by atoms with Crippen molar-refractivity contribution in [2.24, 2.45) is 0 Å². The van der Waals surface area contributed by atoms with E-state index in [0.717, 1.165) is 44.9 Å². The number of hydrogen-bond acceptors (Lipinski definition) is 5. The van der Waals surface area contributed by atoms with E-state index in [0.29, 0.717) is 12.8 Å². The molecule has 4 atom stereocenters. The van der Waals surface area contributed by atoms with E-state index in [1.807, 2.05) is 6.08 Å². The Bertz CT molecular complexity index is 803. The summed E-state index contributed by atoms with van der Waals surface area (Å²) in [6, 6.07) is -1.04. The number of hydrogen-bond donors (Lipinski definition) is 5. The van der Waals surface area contributed by atoms with Gasteiger partial charge in [-0.3, -0.25) is 4.79 Å². The summed E-state index contributed by atoms with van der Waals surface area (Å²) in [5.74, 6) is -0.671. The Kier molecular flexibility index (Phi) is 31.9. The number of carbonyl (C=O) groups excluding carboxylic acids is 1. The number of allylic oxidation sites excluding steroid dienone is 9. The highest BCUT2D eigenvalue weighted by atomic mass is 16.3. The molecule has 260 valence electrons. The summed E-state index contributed by atoms with van der Waals surface area (Å²) in [5.41, 5.74) is 0. The van der Waals surface area contributed by atoms with Crippen molar-refractivity contribution in [1.82, 2.24) is 5.32 Å². The number of aliphatic hydroxyl groups excluding tert-OH is 4. The molecule has 0 spiro atoms. The molecule has 0 saturated carbocycles. The maximum atomic E-state index is 12.4. The van der Waals surface area contributed by atoms with Gasteiger partial charge in [0.15, 0.2) is 0 Å². The van der Waals surface area contributed by atoms with E-state index < -0.39 is 36.9 Å². The highest BCUT2D eigenvalue weighted by Gasteiger charge is 2.28. The predicted octanol–water partition coefficient (Wildman–Crippen LogP) is 8.56. The van der Waals surface area contributed by atoms with Crippen molar-refractivity contribution >= 4 is 5.91 Å². The second-order valence-electron chi connectivity index (χ2n) is 12.2. The zero-order valence-corrected chi connectivity index (χ0v) is 28.8. The first-order valence-corrected chi connectivity index (χ1v) is 18.2. The van der Waals surface area contributed by atoms with Crippen LogP contribution in [0, 0.1) is 0 Å². The normalized spacial score (nSPS) is 15.2. The monoisotopic (exact) mass is 632 g/mol. The van der Waals surface area contributed by atoms with Crippen molar-refractivity contribution in [3.05, 3.63) is 60.8 Å². The van der Waals surface area contributed by atoms with E-state index in [9.17, 15) is 25.2 Å². The van der Waals surface area contributed by atoms with Gasteiger partial charge in [-0.2, -0.15) is 0 Å². The van der Waals surface area contributed by atoms with E-state index in [1.165, 1.54) is 70.6 Å². The molecule has 0 aromatic carbocycles. The van der Waals surface area contributed by atoms with Gasteiger partial charge < -0.3 is 25.7 Å². The summed E-state index contributed by atoms with van der Waals surface area (Å²) < 4.78 is 0. The van der Waals surface area contributed by atoms with Gasteiger partial charge in [-0.05, 0) is 77.0 Å². The van der Waals surface area contributed by atoms with Crippen molar-refractivity contribution in [2.75, 3.05) is 6.61 Å². The van der Waals surface area contributed by atoms with Gasteiger partial charge >= 0.3 is 0 Å². The van der Waals surface area contributed by atoms with Crippen LogP contribution in [0.25, 0.3) is 0 Å². The third-order valence-corrected chi connectivity index (χ3v) is 7.92. The Morgan fingerprint density at radius 2 is 1.02 bits per heavy atom. The van der Waals surface area contributed by atoms with E-state index in [4.69, 9.17) is 0 Å². The molecule has 0 fully saturated rings. The molecule has 0 heterocycles. The van der Waals surface area contributed by atoms with E-state index in [-0.39, 0.29) is 6.42 Å². The van der Waals surface area contributed by atoms with Crippen LogP contribution in [0.4, 0.5) is 0 Å². The van der Waals surface area contributed by atoms with Gasteiger partial charge in [0.1, 0.15) is 12.2 Å². The lowest BCUT2D eigenvalue weighted by molar-refractivity contribution is -0.132. The zero-order chi connectivity index (χ0) is 33.2. The molecule has 0 aromatic heterocycles. The minimum Gasteiger partial charge on any atom is -0.394 e. The highest BCUT2D eigenvalue weighted by Crippen LogP contribution is 2.11. The average Bonchev–Trinajstić information content (AvgIpc) is 3.04. The van der Waals surface area contributed by atoms with E-state index >= 15 is 0 Å². The molecule has 6 nitrogen and oxygen atoms in total. The maximum absolute atomic E-state index is 12.4. The number of amides is 1. The zero-order valence-electron chi connectivity index (χ0n) is 28.8. The smallest absolute Gasteiger partial charge is 0.249 e. The molecule has 4 unspecified atom stereocenters. The molecule has 6 heteroatoms. The SMILES string of the molecule is CCCCCC/C=C/CC/C=C/CC/C=C/CCCC(O)C(O)C(CO)NC(=O)C(O)C/C=C\C/C=C\CCCCCCCC. The van der Waals surface area contributed by atoms with Gasteiger partial charge in [0, 0.05) is 6.42 Å². The molecule has 0 rings (SSSR count). The summed E-state index contributed by atoms with van der Waals surface area (Å²) >= 11 is 0. The van der Waals surface area contributed by atoms with Gasteiger partial charge in [0.25, 0.3) is 0 Å². The molecule has 0 aliphatic heterocycles.